The van der Waals surface area contributed by atoms with Crippen LogP contribution in [0.25, 0.3) is 0 Å². The Bertz CT molecular complexity index is 446. The van der Waals surface area contributed by atoms with Gasteiger partial charge in [0.1, 0.15) is 5.69 Å². The fourth-order valence-corrected chi connectivity index (χ4v) is 1.62. The molecule has 3 N–H and O–H groups in total. The van der Waals surface area contributed by atoms with E-state index < -0.39 is 0 Å². The SMILES string of the molecule is CC(=O)N(C)c1nc(Br)[nH]c1C(=O)NCCCO. The van der Waals surface area contributed by atoms with Crippen LogP contribution in [0.2, 0.25) is 0 Å². The summed E-state index contributed by atoms with van der Waals surface area (Å²) in [6.07, 6.45) is 0.471. The zero-order valence-corrected chi connectivity index (χ0v) is 11.7. The molecule has 0 aliphatic rings. The molecular weight excluding hydrogens is 304 g/mol. The summed E-state index contributed by atoms with van der Waals surface area (Å²) < 4.78 is 0.373. The molecule has 18 heavy (non-hydrogen) atoms. The molecule has 7 nitrogen and oxygen atoms in total. The number of nitrogens with one attached hydrogen (secondary N) is 2. The van der Waals surface area contributed by atoms with Crippen LogP contribution in [0, 0.1) is 0 Å². The van der Waals surface area contributed by atoms with Crippen molar-refractivity contribution in [2.45, 2.75) is 13.3 Å². The van der Waals surface area contributed by atoms with Crippen molar-refractivity contribution in [2.24, 2.45) is 0 Å². The number of rotatable bonds is 5. The van der Waals surface area contributed by atoms with E-state index in [2.05, 4.69) is 31.2 Å². The lowest BCUT2D eigenvalue weighted by Crippen LogP contribution is -2.30. The molecule has 0 saturated carbocycles. The number of aliphatic hydroxyl groups is 1. The van der Waals surface area contributed by atoms with Crippen molar-refractivity contribution in [3.05, 3.63) is 10.4 Å². The molecule has 1 heterocycles. The van der Waals surface area contributed by atoms with Crippen molar-refractivity contribution in [1.82, 2.24) is 15.3 Å². The van der Waals surface area contributed by atoms with Crippen LogP contribution < -0.4 is 10.2 Å². The van der Waals surface area contributed by atoms with Gasteiger partial charge < -0.3 is 15.4 Å². The number of hydrogen-bond acceptors (Lipinski definition) is 4. The number of nitrogens with zero attached hydrogens (tertiary/aromatic N) is 2. The van der Waals surface area contributed by atoms with Crippen molar-refractivity contribution < 1.29 is 14.7 Å². The average molecular weight is 319 g/mol. The van der Waals surface area contributed by atoms with E-state index in [0.717, 1.165) is 0 Å². The molecule has 0 aromatic carbocycles. The first-order valence-corrected chi connectivity index (χ1v) is 6.15. The Kier molecular flexibility index (Phi) is 5.29. The fourth-order valence-electron chi connectivity index (χ4n) is 1.26. The maximum atomic E-state index is 11.9. The molecule has 100 valence electrons. The zero-order chi connectivity index (χ0) is 13.7. The molecule has 8 heteroatoms. The third-order valence-corrected chi connectivity index (χ3v) is 2.67. The number of aromatic amines is 1. The highest BCUT2D eigenvalue weighted by Gasteiger charge is 2.21. The second-order valence-corrected chi connectivity index (χ2v) is 4.39. The van der Waals surface area contributed by atoms with Gasteiger partial charge in [0.05, 0.1) is 0 Å². The molecule has 0 bridgehead atoms. The predicted octanol–water partition coefficient (Wildman–Crippen LogP) is 0.267. The highest BCUT2D eigenvalue weighted by molar-refractivity contribution is 9.10. The molecule has 0 spiro atoms. The quantitative estimate of drug-likeness (QED) is 0.678. The number of carbonyl (C=O) groups is 2. The maximum Gasteiger partial charge on any atom is 0.271 e. The molecule has 0 fully saturated rings. The number of halogens is 1. The van der Waals surface area contributed by atoms with Gasteiger partial charge in [-0.1, -0.05) is 0 Å². The van der Waals surface area contributed by atoms with Gasteiger partial charge in [0.2, 0.25) is 5.91 Å². The lowest BCUT2D eigenvalue weighted by atomic mass is 10.3. The maximum absolute atomic E-state index is 11.9. The molecule has 1 aromatic rings. The summed E-state index contributed by atoms with van der Waals surface area (Å²) in [5.74, 6) is -0.334. The molecule has 0 saturated heterocycles. The van der Waals surface area contributed by atoms with Crippen LogP contribution in [0.3, 0.4) is 0 Å². The Morgan fingerprint density at radius 3 is 2.78 bits per heavy atom. The molecule has 0 unspecified atom stereocenters. The van der Waals surface area contributed by atoms with Crippen molar-refractivity contribution in [3.8, 4) is 0 Å². The van der Waals surface area contributed by atoms with Crippen molar-refractivity contribution in [3.63, 3.8) is 0 Å². The number of aromatic nitrogens is 2. The van der Waals surface area contributed by atoms with Crippen LogP contribution in [0.5, 0.6) is 0 Å². The number of imidazole rings is 1. The monoisotopic (exact) mass is 318 g/mol. The van der Waals surface area contributed by atoms with Gasteiger partial charge in [0, 0.05) is 27.1 Å². The molecule has 0 aliphatic heterocycles. The lowest BCUT2D eigenvalue weighted by molar-refractivity contribution is -0.116. The predicted molar refractivity (Wildman–Crippen MR) is 69.4 cm³/mol. The van der Waals surface area contributed by atoms with E-state index >= 15 is 0 Å². The van der Waals surface area contributed by atoms with Crippen LogP contribution in [-0.2, 0) is 4.79 Å². The van der Waals surface area contributed by atoms with Gasteiger partial charge in [0.15, 0.2) is 10.6 Å². The molecule has 1 aromatic heterocycles. The van der Waals surface area contributed by atoms with Gasteiger partial charge >= 0.3 is 0 Å². The lowest BCUT2D eigenvalue weighted by Gasteiger charge is -2.13. The summed E-state index contributed by atoms with van der Waals surface area (Å²) in [6, 6.07) is 0. The first kappa shape index (κ1) is 14.7. The molecular formula is C10H15BrN4O3. The zero-order valence-electron chi connectivity index (χ0n) is 10.2. The second-order valence-electron chi connectivity index (χ2n) is 3.64. The fraction of sp³-hybridized carbons (Fsp3) is 0.500. The summed E-state index contributed by atoms with van der Waals surface area (Å²) >= 11 is 3.13. The van der Waals surface area contributed by atoms with E-state index in [1.54, 1.807) is 0 Å². The van der Waals surface area contributed by atoms with Gasteiger partial charge in [-0.3, -0.25) is 14.5 Å². The molecule has 2 amide bonds. The minimum atomic E-state index is -0.371. The number of anilines is 1. The Balaban J connectivity index is 2.87. The average Bonchev–Trinajstić information content (AvgIpc) is 2.70. The largest absolute Gasteiger partial charge is 0.396 e. The molecule has 1 rings (SSSR count). The van der Waals surface area contributed by atoms with Crippen LogP contribution >= 0.6 is 15.9 Å². The van der Waals surface area contributed by atoms with Gasteiger partial charge in [-0.15, -0.1) is 0 Å². The van der Waals surface area contributed by atoms with Crippen LogP contribution in [0.15, 0.2) is 4.73 Å². The van der Waals surface area contributed by atoms with E-state index in [-0.39, 0.29) is 29.9 Å². The van der Waals surface area contributed by atoms with E-state index in [1.807, 2.05) is 0 Å². The van der Waals surface area contributed by atoms with E-state index in [9.17, 15) is 9.59 Å². The summed E-state index contributed by atoms with van der Waals surface area (Å²) in [4.78, 5) is 31.2. The summed E-state index contributed by atoms with van der Waals surface area (Å²) in [5.41, 5.74) is 0.206. The second kappa shape index (κ2) is 6.50. The van der Waals surface area contributed by atoms with Gasteiger partial charge in [-0.2, -0.15) is 0 Å². The minimum absolute atomic E-state index is 0.00710. The first-order chi connectivity index (χ1) is 8.47. The highest BCUT2D eigenvalue weighted by atomic mass is 79.9. The number of hydrogen-bond donors (Lipinski definition) is 3. The topological polar surface area (TPSA) is 98.3 Å². The van der Waals surface area contributed by atoms with E-state index in [4.69, 9.17) is 5.11 Å². The number of aliphatic hydroxyl groups excluding tert-OH is 1. The van der Waals surface area contributed by atoms with Gasteiger partial charge in [0.25, 0.3) is 5.91 Å². The van der Waals surface area contributed by atoms with Crippen molar-refractivity contribution in [1.29, 1.82) is 0 Å². The van der Waals surface area contributed by atoms with Crippen LogP contribution in [0.1, 0.15) is 23.8 Å². The smallest absolute Gasteiger partial charge is 0.271 e. The number of amides is 2. The molecule has 0 aliphatic carbocycles. The van der Waals surface area contributed by atoms with Gasteiger partial charge in [-0.25, -0.2) is 4.98 Å². The summed E-state index contributed by atoms with van der Waals surface area (Å²) in [7, 11) is 1.54. The number of H-pyrrole nitrogens is 1. The summed E-state index contributed by atoms with van der Waals surface area (Å²) in [5, 5.41) is 11.3. The standard InChI is InChI=1S/C10H15BrN4O3/c1-6(17)15(2)8-7(13-10(11)14-8)9(18)12-4-3-5-16/h16H,3-5H2,1-2H3,(H,12,18)(H,13,14). The Morgan fingerprint density at radius 2 is 2.22 bits per heavy atom. The first-order valence-electron chi connectivity index (χ1n) is 5.36. The highest BCUT2D eigenvalue weighted by Crippen LogP contribution is 2.19. The molecule has 0 radical (unpaired) electrons. The molecule has 0 atom stereocenters. The number of carbonyl (C=O) groups excluding carboxylic acids is 2. The minimum Gasteiger partial charge on any atom is -0.396 e. The van der Waals surface area contributed by atoms with E-state index in [1.165, 1.54) is 18.9 Å². The Hall–Kier alpha value is -1.41. The summed E-state index contributed by atoms with van der Waals surface area (Å²) in [6.45, 7) is 1.75. The van der Waals surface area contributed by atoms with Crippen molar-refractivity contribution in [2.75, 3.05) is 25.1 Å². The Morgan fingerprint density at radius 1 is 1.56 bits per heavy atom. The van der Waals surface area contributed by atoms with E-state index in [0.29, 0.717) is 17.7 Å². The van der Waals surface area contributed by atoms with Crippen LogP contribution in [-0.4, -0.2) is 47.1 Å². The normalized spacial score (nSPS) is 10.2. The third-order valence-electron chi connectivity index (χ3n) is 2.29. The Labute approximate surface area is 113 Å². The van der Waals surface area contributed by atoms with Crippen LogP contribution in [0.4, 0.5) is 5.82 Å². The third kappa shape index (κ3) is 3.54. The van der Waals surface area contributed by atoms with Gasteiger partial charge in [-0.05, 0) is 22.4 Å². The van der Waals surface area contributed by atoms with Crippen molar-refractivity contribution >= 4 is 33.6 Å².